The lowest BCUT2D eigenvalue weighted by molar-refractivity contribution is -0.277. The summed E-state index contributed by atoms with van der Waals surface area (Å²) in [5.74, 6) is -6.69. The Bertz CT molecular complexity index is 1270. The van der Waals surface area contributed by atoms with Gasteiger partial charge in [0, 0.05) is 5.92 Å². The molecule has 1 aliphatic carbocycles. The van der Waals surface area contributed by atoms with Crippen molar-refractivity contribution in [2.45, 2.75) is 36.6 Å². The summed E-state index contributed by atoms with van der Waals surface area (Å²) in [5.41, 5.74) is 0.281. The number of benzene rings is 2. The zero-order valence-corrected chi connectivity index (χ0v) is 19.8. The monoisotopic (exact) mass is 534 g/mol. The van der Waals surface area contributed by atoms with Crippen LogP contribution in [0.3, 0.4) is 0 Å². The smallest absolute Gasteiger partial charge is 0.332 e. The van der Waals surface area contributed by atoms with Gasteiger partial charge in [0.05, 0.1) is 25.2 Å². The van der Waals surface area contributed by atoms with Gasteiger partial charge in [0.15, 0.2) is 23.0 Å². The zero-order valence-electron chi connectivity index (χ0n) is 19.8. The number of hydrogen-bond acceptors (Lipinski definition) is 12. The van der Waals surface area contributed by atoms with Gasteiger partial charge >= 0.3 is 11.9 Å². The maximum absolute atomic E-state index is 12.8. The van der Waals surface area contributed by atoms with Crippen LogP contribution in [0.4, 0.5) is 0 Å². The first kappa shape index (κ1) is 27.2. The van der Waals surface area contributed by atoms with Crippen LogP contribution in [0.2, 0.25) is 0 Å². The molecule has 7 unspecified atom stereocenters. The van der Waals surface area contributed by atoms with E-state index in [9.17, 15) is 50.4 Å². The SMILES string of the molecule is COC(=O)C1C(C(=O)O)=Cc2cc(O)c(OC3OC(CO)C(O)C(O)C3O)cc2C1c1ccc(O)c(O)c1. The van der Waals surface area contributed by atoms with Crippen molar-refractivity contribution < 1.29 is 64.7 Å². The standard InChI is InChI=1S/C25H26O13/c1-36-24(35)19-12(23(33)34)4-10-6-15(29)16(37-25-22(32)21(31)20(30)17(8-26)38-25)7-11(10)18(19)9-2-3-13(27)14(28)5-9/h2-7,17-22,25-32H,8H2,1H3,(H,33,34). The third kappa shape index (κ3) is 4.73. The fraction of sp³-hybridized carbons (Fsp3) is 0.360. The highest BCUT2D eigenvalue weighted by molar-refractivity contribution is 6.01. The van der Waals surface area contributed by atoms with E-state index in [2.05, 4.69) is 0 Å². The molecule has 204 valence electrons. The van der Waals surface area contributed by atoms with E-state index in [1.54, 1.807) is 0 Å². The molecule has 0 spiro atoms. The normalized spacial score (nSPS) is 28.7. The zero-order chi connectivity index (χ0) is 27.9. The summed E-state index contributed by atoms with van der Waals surface area (Å²) >= 11 is 0. The van der Waals surface area contributed by atoms with Crippen molar-refractivity contribution in [3.05, 3.63) is 52.6 Å². The minimum absolute atomic E-state index is 0.179. The van der Waals surface area contributed by atoms with E-state index in [4.69, 9.17) is 14.2 Å². The van der Waals surface area contributed by atoms with Gasteiger partial charge in [-0.15, -0.1) is 0 Å². The van der Waals surface area contributed by atoms with Gasteiger partial charge in [-0.25, -0.2) is 4.79 Å². The Hall–Kier alpha value is -3.88. The molecule has 8 N–H and O–H groups in total. The number of aliphatic carboxylic acids is 1. The second-order valence-corrected chi connectivity index (χ2v) is 8.90. The molecule has 1 fully saturated rings. The van der Waals surface area contributed by atoms with E-state index < -0.39 is 78.3 Å². The number of esters is 1. The number of phenolic OH excluding ortho intramolecular Hbond substituents is 3. The molecule has 0 amide bonds. The first-order valence-electron chi connectivity index (χ1n) is 11.4. The van der Waals surface area contributed by atoms with Crippen molar-refractivity contribution in [3.8, 4) is 23.0 Å². The van der Waals surface area contributed by atoms with Crippen LogP contribution in [0.1, 0.15) is 22.6 Å². The molecule has 1 aliphatic heterocycles. The molecule has 1 heterocycles. The Kier molecular flexibility index (Phi) is 7.49. The summed E-state index contributed by atoms with van der Waals surface area (Å²) in [6.45, 7) is -0.711. The molecule has 38 heavy (non-hydrogen) atoms. The molecule has 7 atom stereocenters. The molecular weight excluding hydrogens is 508 g/mol. The molecule has 2 aliphatic rings. The summed E-state index contributed by atoms with van der Waals surface area (Å²) in [5, 5.41) is 80.2. The molecule has 2 aromatic carbocycles. The van der Waals surface area contributed by atoms with Crippen molar-refractivity contribution in [2.24, 2.45) is 5.92 Å². The number of carboxylic acids is 1. The average molecular weight is 534 g/mol. The van der Waals surface area contributed by atoms with Crippen molar-refractivity contribution in [3.63, 3.8) is 0 Å². The number of hydrogen-bond donors (Lipinski definition) is 8. The van der Waals surface area contributed by atoms with Gasteiger partial charge in [-0.2, -0.15) is 0 Å². The van der Waals surface area contributed by atoms with Crippen LogP contribution in [0.25, 0.3) is 6.08 Å². The lowest BCUT2D eigenvalue weighted by Crippen LogP contribution is -2.60. The van der Waals surface area contributed by atoms with Gasteiger partial charge in [-0.1, -0.05) is 6.07 Å². The van der Waals surface area contributed by atoms with Gasteiger partial charge in [-0.05, 0) is 47.0 Å². The number of aliphatic hydroxyl groups is 4. The van der Waals surface area contributed by atoms with Crippen LogP contribution in [-0.4, -0.2) is 97.2 Å². The van der Waals surface area contributed by atoms with Gasteiger partial charge in [0.25, 0.3) is 0 Å². The third-order valence-corrected chi connectivity index (χ3v) is 6.63. The van der Waals surface area contributed by atoms with Gasteiger partial charge in [0.2, 0.25) is 6.29 Å². The average Bonchev–Trinajstić information content (AvgIpc) is 2.89. The van der Waals surface area contributed by atoms with E-state index in [1.807, 2.05) is 0 Å². The minimum Gasteiger partial charge on any atom is -0.504 e. The van der Waals surface area contributed by atoms with Crippen LogP contribution in [0, 0.1) is 5.92 Å². The second-order valence-electron chi connectivity index (χ2n) is 8.90. The Morgan fingerprint density at radius 3 is 2.26 bits per heavy atom. The predicted octanol–water partition coefficient (Wildman–Crippen LogP) is -0.615. The number of ether oxygens (including phenoxy) is 3. The lowest BCUT2D eigenvalue weighted by atomic mass is 9.71. The van der Waals surface area contributed by atoms with Gasteiger partial charge < -0.3 is 55.1 Å². The van der Waals surface area contributed by atoms with E-state index in [0.717, 1.165) is 25.3 Å². The van der Waals surface area contributed by atoms with Crippen LogP contribution >= 0.6 is 0 Å². The number of aliphatic hydroxyl groups excluding tert-OH is 4. The van der Waals surface area contributed by atoms with Crippen LogP contribution in [-0.2, 0) is 19.1 Å². The summed E-state index contributed by atoms with van der Waals surface area (Å²) in [7, 11) is 1.08. The second kappa shape index (κ2) is 10.5. The highest BCUT2D eigenvalue weighted by Gasteiger charge is 2.46. The molecule has 0 bridgehead atoms. The highest BCUT2D eigenvalue weighted by atomic mass is 16.7. The molecule has 0 aromatic heterocycles. The number of rotatable bonds is 6. The lowest BCUT2D eigenvalue weighted by Gasteiger charge is -2.39. The fourth-order valence-electron chi connectivity index (χ4n) is 4.69. The van der Waals surface area contributed by atoms with Crippen LogP contribution in [0.5, 0.6) is 23.0 Å². The fourth-order valence-corrected chi connectivity index (χ4v) is 4.69. The Morgan fingerprint density at radius 2 is 1.66 bits per heavy atom. The maximum atomic E-state index is 12.8. The van der Waals surface area contributed by atoms with Crippen LogP contribution in [0.15, 0.2) is 35.9 Å². The predicted molar refractivity (Wildman–Crippen MR) is 125 cm³/mol. The van der Waals surface area contributed by atoms with E-state index >= 15 is 0 Å². The van der Waals surface area contributed by atoms with Crippen LogP contribution < -0.4 is 4.74 Å². The summed E-state index contributed by atoms with van der Waals surface area (Å²) in [4.78, 5) is 24.9. The number of methoxy groups -OCH3 is 1. The largest absolute Gasteiger partial charge is 0.504 e. The molecule has 4 rings (SSSR count). The summed E-state index contributed by atoms with van der Waals surface area (Å²) < 4.78 is 15.8. The van der Waals surface area contributed by atoms with Gasteiger partial charge in [0.1, 0.15) is 24.4 Å². The molecule has 1 saturated heterocycles. The Balaban J connectivity index is 1.85. The van der Waals surface area contributed by atoms with E-state index in [1.165, 1.54) is 18.2 Å². The van der Waals surface area contributed by atoms with Crippen molar-refractivity contribution in [1.82, 2.24) is 0 Å². The first-order valence-corrected chi connectivity index (χ1v) is 11.4. The number of aromatic hydroxyl groups is 3. The Morgan fingerprint density at radius 1 is 0.947 bits per heavy atom. The number of carboxylic acid groups (broad SMARTS) is 1. The van der Waals surface area contributed by atoms with Crippen molar-refractivity contribution in [2.75, 3.05) is 13.7 Å². The summed E-state index contributed by atoms with van der Waals surface area (Å²) in [6.07, 6.45) is -6.92. The minimum atomic E-state index is -1.78. The number of phenols is 3. The molecule has 0 radical (unpaired) electrons. The third-order valence-electron chi connectivity index (χ3n) is 6.63. The van der Waals surface area contributed by atoms with Crippen molar-refractivity contribution in [1.29, 1.82) is 0 Å². The van der Waals surface area contributed by atoms with Gasteiger partial charge in [-0.3, -0.25) is 4.79 Å². The van der Waals surface area contributed by atoms with E-state index in [-0.39, 0.29) is 28.0 Å². The Labute approximate surface area is 215 Å². The molecule has 2 aromatic rings. The summed E-state index contributed by atoms with van der Waals surface area (Å²) in [6, 6.07) is 6.08. The number of fused-ring (bicyclic) bond motifs is 1. The highest BCUT2D eigenvalue weighted by Crippen LogP contribution is 2.48. The molecule has 0 saturated carbocycles. The molecule has 13 nitrogen and oxygen atoms in total. The first-order chi connectivity index (χ1) is 18.0. The van der Waals surface area contributed by atoms with E-state index in [0.29, 0.717) is 0 Å². The van der Waals surface area contributed by atoms with Crippen molar-refractivity contribution >= 4 is 18.0 Å². The number of carbonyl (C=O) groups excluding carboxylic acids is 1. The number of carbonyl (C=O) groups is 2. The maximum Gasteiger partial charge on any atom is 0.332 e. The topological polar surface area (TPSA) is 224 Å². The molecule has 13 heteroatoms. The quantitative estimate of drug-likeness (QED) is 0.171. The molecular formula is C25H26O13.